The van der Waals surface area contributed by atoms with Crippen molar-refractivity contribution in [1.29, 1.82) is 0 Å². The van der Waals surface area contributed by atoms with Gasteiger partial charge < -0.3 is 19.7 Å². The fourth-order valence-electron chi connectivity index (χ4n) is 1.38. The molecule has 1 heterocycles. The van der Waals surface area contributed by atoms with Gasteiger partial charge in [0.15, 0.2) is 6.10 Å². The van der Waals surface area contributed by atoms with Crippen LogP contribution in [0, 0.1) is 0 Å². The van der Waals surface area contributed by atoms with E-state index in [4.69, 9.17) is 19.7 Å². The molecule has 1 fully saturated rings. The van der Waals surface area contributed by atoms with Crippen molar-refractivity contribution >= 4 is 11.9 Å². The minimum atomic E-state index is -1.29. The van der Waals surface area contributed by atoms with Crippen molar-refractivity contribution in [3.63, 3.8) is 0 Å². The summed E-state index contributed by atoms with van der Waals surface area (Å²) in [6, 6.07) is 0. The highest BCUT2D eigenvalue weighted by molar-refractivity contribution is 5.79. The molecule has 0 spiro atoms. The Kier molecular flexibility index (Phi) is 4.51. The van der Waals surface area contributed by atoms with E-state index in [-0.39, 0.29) is 12.7 Å². The van der Waals surface area contributed by atoms with Crippen LogP contribution in [0.1, 0.15) is 19.3 Å². The van der Waals surface area contributed by atoms with Gasteiger partial charge in [0.25, 0.3) is 0 Å². The second-order valence-electron chi connectivity index (χ2n) is 3.39. The number of carboxylic acid groups (broad SMARTS) is 2. The van der Waals surface area contributed by atoms with E-state index in [1.54, 1.807) is 0 Å². The lowest BCUT2D eigenvalue weighted by molar-refractivity contribution is -0.158. The van der Waals surface area contributed by atoms with Crippen molar-refractivity contribution in [3.05, 3.63) is 0 Å². The molecule has 0 aromatic rings. The van der Waals surface area contributed by atoms with Gasteiger partial charge in [-0.15, -0.1) is 0 Å². The molecule has 6 heteroatoms. The first-order valence-corrected chi connectivity index (χ1v) is 4.77. The third kappa shape index (κ3) is 4.26. The normalized spacial score (nSPS) is 22.5. The molecule has 86 valence electrons. The number of hydrogen-bond donors (Lipinski definition) is 2. The molecule has 1 aliphatic heterocycles. The van der Waals surface area contributed by atoms with Gasteiger partial charge in [-0.1, -0.05) is 0 Å². The fraction of sp³-hybridized carbons (Fsp3) is 0.778. The van der Waals surface area contributed by atoms with Crippen molar-refractivity contribution in [2.24, 2.45) is 0 Å². The molecule has 0 amide bonds. The van der Waals surface area contributed by atoms with E-state index in [0.29, 0.717) is 6.61 Å². The fourth-order valence-corrected chi connectivity index (χ4v) is 1.38. The lowest BCUT2D eigenvalue weighted by Crippen LogP contribution is -2.30. The van der Waals surface area contributed by atoms with E-state index in [1.807, 2.05) is 0 Å². The van der Waals surface area contributed by atoms with Crippen LogP contribution in [0.25, 0.3) is 0 Å². The monoisotopic (exact) mass is 218 g/mol. The van der Waals surface area contributed by atoms with Gasteiger partial charge in [0.05, 0.1) is 19.1 Å². The third-order valence-electron chi connectivity index (χ3n) is 2.14. The maximum atomic E-state index is 10.6. The lowest BCUT2D eigenvalue weighted by atomic mass is 10.2. The molecular weight excluding hydrogens is 204 g/mol. The highest BCUT2D eigenvalue weighted by Crippen LogP contribution is 2.13. The molecule has 15 heavy (non-hydrogen) atoms. The summed E-state index contributed by atoms with van der Waals surface area (Å²) in [7, 11) is 0. The molecule has 2 N–H and O–H groups in total. The number of aliphatic carboxylic acids is 2. The van der Waals surface area contributed by atoms with Crippen molar-refractivity contribution < 1.29 is 29.3 Å². The van der Waals surface area contributed by atoms with Gasteiger partial charge in [-0.05, 0) is 12.8 Å². The number of ether oxygens (including phenoxy) is 2. The van der Waals surface area contributed by atoms with Crippen LogP contribution in [0.4, 0.5) is 0 Å². The molecule has 1 rings (SSSR count). The molecule has 2 atom stereocenters. The molecule has 6 nitrogen and oxygen atoms in total. The Balaban J connectivity index is 2.30. The van der Waals surface area contributed by atoms with E-state index in [1.165, 1.54) is 0 Å². The van der Waals surface area contributed by atoms with Crippen LogP contribution < -0.4 is 0 Å². The van der Waals surface area contributed by atoms with E-state index in [0.717, 1.165) is 12.8 Å². The molecular formula is C9H14O6. The zero-order valence-electron chi connectivity index (χ0n) is 8.22. The maximum absolute atomic E-state index is 10.6. The summed E-state index contributed by atoms with van der Waals surface area (Å²) >= 11 is 0. The van der Waals surface area contributed by atoms with Crippen LogP contribution >= 0.6 is 0 Å². The van der Waals surface area contributed by atoms with E-state index in [2.05, 4.69) is 0 Å². The maximum Gasteiger partial charge on any atom is 0.333 e. The predicted octanol–water partition coefficient (Wildman–Crippen LogP) is 0.110. The van der Waals surface area contributed by atoms with Gasteiger partial charge in [0.1, 0.15) is 0 Å². The molecule has 1 aliphatic rings. The smallest absolute Gasteiger partial charge is 0.333 e. The second-order valence-corrected chi connectivity index (χ2v) is 3.39. The lowest BCUT2D eigenvalue weighted by Gasteiger charge is -2.14. The minimum Gasteiger partial charge on any atom is -0.481 e. The zero-order chi connectivity index (χ0) is 11.3. The standard InChI is InChI=1S/C9H14O6/c10-8(11)4-7(9(12)13)15-5-6-2-1-3-14-6/h6-7H,1-5H2,(H,10,11)(H,12,13)/t6-,7+/m0/s1. The van der Waals surface area contributed by atoms with Crippen molar-refractivity contribution in [2.75, 3.05) is 13.2 Å². The van der Waals surface area contributed by atoms with Crippen LogP contribution in [0.3, 0.4) is 0 Å². The molecule has 0 aliphatic carbocycles. The first kappa shape index (κ1) is 11.9. The summed E-state index contributed by atoms with van der Waals surface area (Å²) < 4.78 is 10.2. The first-order chi connectivity index (χ1) is 7.09. The number of rotatable bonds is 6. The molecule has 0 aromatic heterocycles. The first-order valence-electron chi connectivity index (χ1n) is 4.77. The van der Waals surface area contributed by atoms with Gasteiger partial charge >= 0.3 is 11.9 Å². The summed E-state index contributed by atoms with van der Waals surface area (Å²) in [5, 5.41) is 17.1. The molecule has 0 bridgehead atoms. The van der Waals surface area contributed by atoms with Gasteiger partial charge in [0, 0.05) is 6.61 Å². The zero-order valence-corrected chi connectivity index (χ0v) is 8.22. The Morgan fingerprint density at radius 2 is 2.20 bits per heavy atom. The number of carbonyl (C=O) groups is 2. The quantitative estimate of drug-likeness (QED) is 0.657. The van der Waals surface area contributed by atoms with Crippen LogP contribution in [0.5, 0.6) is 0 Å². The van der Waals surface area contributed by atoms with Gasteiger partial charge in [-0.2, -0.15) is 0 Å². The van der Waals surface area contributed by atoms with Gasteiger partial charge in [0.2, 0.25) is 0 Å². The van der Waals surface area contributed by atoms with E-state index < -0.39 is 24.5 Å². The molecule has 0 saturated carbocycles. The van der Waals surface area contributed by atoms with Crippen molar-refractivity contribution in [3.8, 4) is 0 Å². The summed E-state index contributed by atoms with van der Waals surface area (Å²) in [5.74, 6) is -2.44. The van der Waals surface area contributed by atoms with Crippen LogP contribution in [0.15, 0.2) is 0 Å². The largest absolute Gasteiger partial charge is 0.481 e. The topological polar surface area (TPSA) is 93.1 Å². The van der Waals surface area contributed by atoms with E-state index >= 15 is 0 Å². The average Bonchev–Trinajstić information content (AvgIpc) is 2.63. The van der Waals surface area contributed by atoms with Crippen LogP contribution in [0.2, 0.25) is 0 Å². The van der Waals surface area contributed by atoms with Crippen molar-refractivity contribution in [2.45, 2.75) is 31.5 Å². The molecule has 0 unspecified atom stereocenters. The summed E-state index contributed by atoms with van der Waals surface area (Å²) in [6.07, 6.45) is -0.140. The minimum absolute atomic E-state index is 0.0966. The van der Waals surface area contributed by atoms with E-state index in [9.17, 15) is 9.59 Å². The Labute approximate surface area is 86.8 Å². The van der Waals surface area contributed by atoms with Gasteiger partial charge in [-0.25, -0.2) is 4.79 Å². The molecule has 0 radical (unpaired) electrons. The predicted molar refractivity (Wildman–Crippen MR) is 48.6 cm³/mol. The van der Waals surface area contributed by atoms with Gasteiger partial charge in [-0.3, -0.25) is 4.79 Å². The van der Waals surface area contributed by atoms with Crippen LogP contribution in [-0.2, 0) is 19.1 Å². The molecule has 0 aromatic carbocycles. The highest BCUT2D eigenvalue weighted by atomic mass is 16.6. The Bertz CT molecular complexity index is 233. The number of hydrogen-bond acceptors (Lipinski definition) is 4. The van der Waals surface area contributed by atoms with Crippen LogP contribution in [-0.4, -0.2) is 47.6 Å². The summed E-state index contributed by atoms with van der Waals surface area (Å²) in [6.45, 7) is 0.801. The Hall–Kier alpha value is -1.14. The molecule has 1 saturated heterocycles. The summed E-state index contributed by atoms with van der Waals surface area (Å²) in [4.78, 5) is 20.9. The SMILES string of the molecule is O=C(O)C[C@@H](OC[C@@H]1CCCO1)C(=O)O. The Morgan fingerprint density at radius 1 is 1.47 bits per heavy atom. The number of carboxylic acids is 2. The van der Waals surface area contributed by atoms with Crippen molar-refractivity contribution in [1.82, 2.24) is 0 Å². The third-order valence-corrected chi connectivity index (χ3v) is 2.14. The second kappa shape index (κ2) is 5.67. The Morgan fingerprint density at radius 3 is 2.67 bits per heavy atom. The average molecular weight is 218 g/mol. The highest BCUT2D eigenvalue weighted by Gasteiger charge is 2.24. The summed E-state index contributed by atoms with van der Waals surface area (Å²) in [5.41, 5.74) is 0.